The van der Waals surface area contributed by atoms with E-state index in [1.807, 2.05) is 0 Å². The molecular weight excluding hydrogens is 294 g/mol. The molecule has 0 radical (unpaired) electrons. The maximum atomic E-state index is 11.9. The summed E-state index contributed by atoms with van der Waals surface area (Å²) in [6.07, 6.45) is -4.49. The summed E-state index contributed by atoms with van der Waals surface area (Å²) in [5.74, 6) is 0.397. The summed E-state index contributed by atoms with van der Waals surface area (Å²) in [7, 11) is 1.59. The molecule has 1 saturated heterocycles. The van der Waals surface area contributed by atoms with Gasteiger partial charge >= 0.3 is 0 Å². The lowest BCUT2D eigenvalue weighted by molar-refractivity contribution is -0.0499. The first-order valence-electron chi connectivity index (χ1n) is 6.69. The minimum absolute atomic E-state index is 0.122. The van der Waals surface area contributed by atoms with Crippen molar-refractivity contribution in [1.29, 1.82) is 0 Å². The third-order valence-corrected chi connectivity index (χ3v) is 3.71. The SMILES string of the molecule is CNc1nc2c(=O)[nH]c(N)cc2n1[C@@H]1O[C@H](CO)[C@H](O)C1O. The van der Waals surface area contributed by atoms with E-state index >= 15 is 0 Å². The maximum Gasteiger partial charge on any atom is 0.277 e. The van der Waals surface area contributed by atoms with Gasteiger partial charge in [0.2, 0.25) is 5.95 Å². The fourth-order valence-electron chi connectivity index (χ4n) is 2.65. The fourth-order valence-corrected chi connectivity index (χ4v) is 2.65. The summed E-state index contributed by atoms with van der Waals surface area (Å²) in [6.45, 7) is -0.445. The third-order valence-electron chi connectivity index (χ3n) is 3.71. The molecule has 10 nitrogen and oxygen atoms in total. The van der Waals surface area contributed by atoms with E-state index in [0.29, 0.717) is 5.52 Å². The zero-order valence-corrected chi connectivity index (χ0v) is 11.7. The van der Waals surface area contributed by atoms with Crippen molar-refractivity contribution in [1.82, 2.24) is 14.5 Å². The van der Waals surface area contributed by atoms with E-state index in [4.69, 9.17) is 10.5 Å². The second-order valence-corrected chi connectivity index (χ2v) is 5.07. The molecule has 1 aliphatic heterocycles. The molecule has 22 heavy (non-hydrogen) atoms. The van der Waals surface area contributed by atoms with Crippen LogP contribution in [0, 0.1) is 0 Å². The molecule has 2 aromatic heterocycles. The summed E-state index contributed by atoms with van der Waals surface area (Å²) in [5, 5.41) is 32.0. The quantitative estimate of drug-likeness (QED) is 0.378. The minimum Gasteiger partial charge on any atom is -0.394 e. The number of nitrogens with two attached hydrogens (primary N) is 1. The Bertz CT molecular complexity index is 756. The van der Waals surface area contributed by atoms with Crippen molar-refractivity contribution >= 4 is 22.8 Å². The van der Waals surface area contributed by atoms with Gasteiger partial charge in [0.15, 0.2) is 11.7 Å². The van der Waals surface area contributed by atoms with E-state index in [1.165, 1.54) is 10.6 Å². The van der Waals surface area contributed by atoms with E-state index < -0.39 is 36.7 Å². The van der Waals surface area contributed by atoms with E-state index in [2.05, 4.69) is 15.3 Å². The molecule has 7 N–H and O–H groups in total. The van der Waals surface area contributed by atoms with Gasteiger partial charge in [0, 0.05) is 13.1 Å². The molecule has 0 aromatic carbocycles. The van der Waals surface area contributed by atoms with E-state index in [1.54, 1.807) is 7.05 Å². The first kappa shape index (κ1) is 14.8. The number of ether oxygens (including phenoxy) is 1. The van der Waals surface area contributed by atoms with Gasteiger partial charge in [-0.25, -0.2) is 4.98 Å². The second-order valence-electron chi connectivity index (χ2n) is 5.07. The molecule has 4 atom stereocenters. The summed E-state index contributed by atoms with van der Waals surface area (Å²) in [4.78, 5) is 18.5. The normalized spacial score (nSPS) is 28.4. The predicted octanol–water partition coefficient (Wildman–Crippen LogP) is -2.04. The van der Waals surface area contributed by atoms with Crippen LogP contribution in [-0.4, -0.2) is 61.8 Å². The standard InChI is InChI=1S/C12H17N5O5/c1-14-12-16-7-4(2-6(13)15-10(7)21)17(12)11-9(20)8(19)5(3-18)22-11/h2,5,8-9,11,18-20H,3H2,1H3,(H,14,16)(H3,13,15,21)/t5-,8+,9?,11-/m1/s1. The van der Waals surface area contributed by atoms with Gasteiger partial charge in [0.25, 0.3) is 5.56 Å². The number of imidazole rings is 1. The number of pyridine rings is 1. The van der Waals surface area contributed by atoms with Gasteiger partial charge < -0.3 is 36.1 Å². The molecule has 0 saturated carbocycles. The summed E-state index contributed by atoms with van der Waals surface area (Å²) < 4.78 is 6.92. The molecule has 120 valence electrons. The summed E-state index contributed by atoms with van der Waals surface area (Å²) in [6, 6.07) is 1.49. The van der Waals surface area contributed by atoms with Crippen molar-refractivity contribution in [2.75, 3.05) is 24.7 Å². The Balaban J connectivity index is 2.20. The number of nitrogen functional groups attached to an aromatic ring is 1. The number of fused-ring (bicyclic) bond motifs is 1. The van der Waals surface area contributed by atoms with E-state index in [0.717, 1.165) is 0 Å². The number of hydrogen-bond acceptors (Lipinski definition) is 8. The van der Waals surface area contributed by atoms with Crippen LogP contribution in [0.25, 0.3) is 11.0 Å². The number of aliphatic hydroxyl groups excluding tert-OH is 3. The van der Waals surface area contributed by atoms with Crippen LogP contribution >= 0.6 is 0 Å². The van der Waals surface area contributed by atoms with Crippen molar-refractivity contribution in [3.63, 3.8) is 0 Å². The summed E-state index contributed by atoms with van der Waals surface area (Å²) in [5.41, 5.74) is 5.64. The van der Waals surface area contributed by atoms with Gasteiger partial charge in [-0.1, -0.05) is 0 Å². The smallest absolute Gasteiger partial charge is 0.277 e. The molecule has 3 heterocycles. The topological polar surface area (TPSA) is 159 Å². The third kappa shape index (κ3) is 2.04. The highest BCUT2D eigenvalue weighted by atomic mass is 16.6. The highest BCUT2D eigenvalue weighted by Crippen LogP contribution is 2.34. The van der Waals surface area contributed by atoms with Crippen molar-refractivity contribution in [2.24, 2.45) is 0 Å². The van der Waals surface area contributed by atoms with Crippen molar-refractivity contribution in [3.05, 3.63) is 16.4 Å². The Morgan fingerprint density at radius 2 is 2.23 bits per heavy atom. The highest BCUT2D eigenvalue weighted by Gasteiger charge is 2.44. The minimum atomic E-state index is -1.29. The van der Waals surface area contributed by atoms with Crippen molar-refractivity contribution in [2.45, 2.75) is 24.5 Å². The first-order valence-corrected chi connectivity index (χ1v) is 6.69. The average Bonchev–Trinajstić information content (AvgIpc) is 2.98. The number of hydrogen-bond donors (Lipinski definition) is 6. The van der Waals surface area contributed by atoms with Crippen molar-refractivity contribution in [3.8, 4) is 0 Å². The molecule has 0 spiro atoms. The van der Waals surface area contributed by atoms with Crippen LogP contribution in [0.1, 0.15) is 6.23 Å². The Morgan fingerprint density at radius 3 is 2.82 bits per heavy atom. The Labute approximate surface area is 124 Å². The van der Waals surface area contributed by atoms with E-state index in [-0.39, 0.29) is 17.3 Å². The van der Waals surface area contributed by atoms with Crippen LogP contribution in [-0.2, 0) is 4.74 Å². The number of nitrogens with zero attached hydrogens (tertiary/aromatic N) is 2. The zero-order chi connectivity index (χ0) is 16.0. The number of nitrogens with one attached hydrogen (secondary N) is 2. The van der Waals surface area contributed by atoms with Gasteiger partial charge in [0.1, 0.15) is 24.1 Å². The second kappa shape index (κ2) is 5.25. The number of rotatable bonds is 3. The number of aromatic nitrogens is 3. The molecule has 1 aliphatic rings. The number of aromatic amines is 1. The van der Waals surface area contributed by atoms with Crippen LogP contribution in [0.3, 0.4) is 0 Å². The molecular formula is C12H17N5O5. The lowest BCUT2D eigenvalue weighted by atomic mass is 10.1. The van der Waals surface area contributed by atoms with Gasteiger partial charge in [-0.15, -0.1) is 0 Å². The highest BCUT2D eigenvalue weighted by molar-refractivity contribution is 5.80. The molecule has 1 fully saturated rings. The van der Waals surface area contributed by atoms with Crippen LogP contribution in [0.2, 0.25) is 0 Å². The van der Waals surface area contributed by atoms with Gasteiger partial charge in [-0.3, -0.25) is 9.36 Å². The predicted molar refractivity (Wildman–Crippen MR) is 77.3 cm³/mol. The molecule has 0 bridgehead atoms. The average molecular weight is 311 g/mol. The Hall–Kier alpha value is -2.14. The molecule has 2 aromatic rings. The lowest BCUT2D eigenvalue weighted by Crippen LogP contribution is -2.33. The molecule has 0 amide bonds. The Kier molecular flexibility index (Phi) is 3.53. The maximum absolute atomic E-state index is 11.9. The number of H-pyrrole nitrogens is 1. The molecule has 3 rings (SSSR count). The van der Waals surface area contributed by atoms with Gasteiger partial charge in [-0.2, -0.15) is 0 Å². The molecule has 0 aliphatic carbocycles. The first-order chi connectivity index (χ1) is 10.5. The van der Waals surface area contributed by atoms with E-state index in [9.17, 15) is 20.1 Å². The monoisotopic (exact) mass is 311 g/mol. The van der Waals surface area contributed by atoms with Crippen molar-refractivity contribution < 1.29 is 20.1 Å². The van der Waals surface area contributed by atoms with Crippen LogP contribution in [0.5, 0.6) is 0 Å². The summed E-state index contributed by atoms with van der Waals surface area (Å²) >= 11 is 0. The Morgan fingerprint density at radius 1 is 1.50 bits per heavy atom. The fraction of sp³-hybridized carbons (Fsp3) is 0.500. The van der Waals surface area contributed by atoms with Gasteiger partial charge in [0.05, 0.1) is 12.1 Å². The van der Waals surface area contributed by atoms with Crippen LogP contribution in [0.4, 0.5) is 11.8 Å². The zero-order valence-electron chi connectivity index (χ0n) is 11.7. The number of anilines is 2. The lowest BCUT2D eigenvalue weighted by Gasteiger charge is -2.19. The van der Waals surface area contributed by atoms with Gasteiger partial charge in [-0.05, 0) is 0 Å². The van der Waals surface area contributed by atoms with Crippen LogP contribution < -0.4 is 16.6 Å². The molecule has 1 unspecified atom stereocenters. The number of aliphatic hydroxyl groups is 3. The largest absolute Gasteiger partial charge is 0.394 e. The van der Waals surface area contributed by atoms with Crippen LogP contribution in [0.15, 0.2) is 10.9 Å². The molecule has 10 heteroatoms.